The van der Waals surface area contributed by atoms with Crippen molar-refractivity contribution in [2.75, 3.05) is 33.9 Å². The molecule has 5 nitrogen and oxygen atoms in total. The van der Waals surface area contributed by atoms with E-state index in [0.29, 0.717) is 13.2 Å². The number of rotatable bonds is 8. The molecule has 0 aliphatic rings. The fourth-order valence-corrected chi connectivity index (χ4v) is 2.20. The molecule has 136 valence electrons. The van der Waals surface area contributed by atoms with E-state index in [0.717, 1.165) is 30.4 Å². The van der Waals surface area contributed by atoms with Crippen molar-refractivity contribution in [3.8, 4) is 11.5 Å². The number of benzene rings is 2. The molecule has 2 rings (SSSR count). The van der Waals surface area contributed by atoms with Crippen molar-refractivity contribution in [2.45, 2.75) is 6.42 Å². The van der Waals surface area contributed by atoms with Gasteiger partial charge >= 0.3 is 0 Å². The second kappa shape index (κ2) is 12.4. The number of hydrogen-bond donors (Lipinski definition) is 2. The van der Waals surface area contributed by atoms with Crippen LogP contribution in [-0.4, -0.2) is 39.8 Å². The highest BCUT2D eigenvalue weighted by molar-refractivity contribution is 14.0. The summed E-state index contributed by atoms with van der Waals surface area (Å²) in [5.41, 5.74) is 1.31. The van der Waals surface area contributed by atoms with Crippen molar-refractivity contribution >= 4 is 29.9 Å². The van der Waals surface area contributed by atoms with Crippen molar-refractivity contribution in [3.05, 3.63) is 60.2 Å². The molecule has 0 saturated carbocycles. The largest absolute Gasteiger partial charge is 0.497 e. The smallest absolute Gasteiger partial charge is 0.191 e. The van der Waals surface area contributed by atoms with E-state index in [9.17, 15) is 0 Å². The lowest BCUT2D eigenvalue weighted by Crippen LogP contribution is -2.40. The molecule has 0 saturated heterocycles. The Bertz CT molecular complexity index is 618. The monoisotopic (exact) mass is 455 g/mol. The third kappa shape index (κ3) is 8.11. The van der Waals surface area contributed by atoms with Gasteiger partial charge in [-0.2, -0.15) is 0 Å². The van der Waals surface area contributed by atoms with Gasteiger partial charge in [0.15, 0.2) is 5.96 Å². The van der Waals surface area contributed by atoms with Crippen LogP contribution in [0.3, 0.4) is 0 Å². The molecule has 0 aromatic heterocycles. The number of hydrogen-bond acceptors (Lipinski definition) is 3. The number of guanidine groups is 1. The SMILES string of the molecule is CN=C(NCCOc1ccc(OC)cc1)NCCc1ccccc1.I. The first kappa shape index (κ1) is 21.1. The molecule has 2 aromatic carbocycles. The van der Waals surface area contributed by atoms with Gasteiger partial charge in [0, 0.05) is 13.6 Å². The fraction of sp³-hybridized carbons (Fsp3) is 0.316. The number of aliphatic imine (C=N–C) groups is 1. The van der Waals surface area contributed by atoms with Crippen molar-refractivity contribution in [2.24, 2.45) is 4.99 Å². The normalized spacial score (nSPS) is 10.6. The second-order valence-corrected chi connectivity index (χ2v) is 5.19. The van der Waals surface area contributed by atoms with E-state index in [1.165, 1.54) is 5.56 Å². The number of nitrogens with one attached hydrogen (secondary N) is 2. The van der Waals surface area contributed by atoms with Gasteiger partial charge in [0.25, 0.3) is 0 Å². The van der Waals surface area contributed by atoms with E-state index in [-0.39, 0.29) is 24.0 Å². The Hall–Kier alpha value is -1.96. The molecule has 0 radical (unpaired) electrons. The lowest BCUT2D eigenvalue weighted by molar-refractivity contribution is 0.321. The van der Waals surface area contributed by atoms with Crippen LogP contribution in [0.5, 0.6) is 11.5 Å². The van der Waals surface area contributed by atoms with Crippen molar-refractivity contribution < 1.29 is 9.47 Å². The summed E-state index contributed by atoms with van der Waals surface area (Å²) in [6, 6.07) is 17.9. The van der Waals surface area contributed by atoms with E-state index in [4.69, 9.17) is 9.47 Å². The molecule has 0 bridgehead atoms. The van der Waals surface area contributed by atoms with Crippen LogP contribution in [0.25, 0.3) is 0 Å². The van der Waals surface area contributed by atoms with Crippen LogP contribution in [0.4, 0.5) is 0 Å². The first-order chi connectivity index (χ1) is 11.8. The molecule has 6 heteroatoms. The summed E-state index contributed by atoms with van der Waals surface area (Å²) < 4.78 is 10.8. The first-order valence-corrected chi connectivity index (χ1v) is 8.07. The molecule has 25 heavy (non-hydrogen) atoms. The maximum absolute atomic E-state index is 5.67. The van der Waals surface area contributed by atoms with Gasteiger partial charge in [-0.3, -0.25) is 4.99 Å². The molecule has 0 amide bonds. The Morgan fingerprint density at radius 3 is 2.20 bits per heavy atom. The first-order valence-electron chi connectivity index (χ1n) is 8.07. The van der Waals surface area contributed by atoms with E-state index in [2.05, 4.69) is 39.9 Å². The summed E-state index contributed by atoms with van der Waals surface area (Å²) in [6.07, 6.45) is 0.962. The van der Waals surface area contributed by atoms with Crippen LogP contribution in [-0.2, 0) is 6.42 Å². The van der Waals surface area contributed by atoms with E-state index in [1.54, 1.807) is 14.2 Å². The summed E-state index contributed by atoms with van der Waals surface area (Å²) >= 11 is 0. The van der Waals surface area contributed by atoms with E-state index >= 15 is 0 Å². The predicted molar refractivity (Wildman–Crippen MR) is 113 cm³/mol. The van der Waals surface area contributed by atoms with Crippen LogP contribution in [0.2, 0.25) is 0 Å². The third-order valence-corrected chi connectivity index (χ3v) is 3.50. The summed E-state index contributed by atoms with van der Waals surface area (Å²) in [5.74, 6) is 2.43. The van der Waals surface area contributed by atoms with Crippen LogP contribution < -0.4 is 20.1 Å². The Morgan fingerprint density at radius 2 is 1.56 bits per heavy atom. The molecule has 0 atom stereocenters. The van der Waals surface area contributed by atoms with E-state index in [1.807, 2.05) is 30.3 Å². The van der Waals surface area contributed by atoms with Crippen molar-refractivity contribution in [1.29, 1.82) is 0 Å². The van der Waals surface area contributed by atoms with Gasteiger partial charge in [-0.15, -0.1) is 24.0 Å². The second-order valence-electron chi connectivity index (χ2n) is 5.19. The van der Waals surface area contributed by atoms with Gasteiger partial charge in [-0.25, -0.2) is 0 Å². The van der Waals surface area contributed by atoms with Crippen molar-refractivity contribution in [1.82, 2.24) is 10.6 Å². The van der Waals surface area contributed by atoms with Crippen LogP contribution >= 0.6 is 24.0 Å². The van der Waals surface area contributed by atoms with Crippen LogP contribution in [0.15, 0.2) is 59.6 Å². The average Bonchev–Trinajstić information content (AvgIpc) is 2.65. The molecule has 0 fully saturated rings. The van der Waals surface area contributed by atoms with Crippen molar-refractivity contribution in [3.63, 3.8) is 0 Å². The lowest BCUT2D eigenvalue weighted by atomic mass is 10.1. The molecule has 0 spiro atoms. The van der Waals surface area contributed by atoms with Gasteiger partial charge < -0.3 is 20.1 Å². The molecule has 2 N–H and O–H groups in total. The summed E-state index contributed by atoms with van der Waals surface area (Å²) in [4.78, 5) is 4.21. The van der Waals surface area contributed by atoms with Crippen LogP contribution in [0.1, 0.15) is 5.56 Å². The predicted octanol–water partition coefficient (Wildman–Crippen LogP) is 3.10. The van der Waals surface area contributed by atoms with E-state index < -0.39 is 0 Å². The molecular formula is C19H26IN3O2. The minimum Gasteiger partial charge on any atom is -0.497 e. The van der Waals surface area contributed by atoms with Gasteiger partial charge in [-0.05, 0) is 36.2 Å². The maximum atomic E-state index is 5.67. The lowest BCUT2D eigenvalue weighted by Gasteiger charge is -2.12. The maximum Gasteiger partial charge on any atom is 0.191 e. The quantitative estimate of drug-likeness (QED) is 0.278. The number of halogens is 1. The van der Waals surface area contributed by atoms with Gasteiger partial charge in [0.2, 0.25) is 0 Å². The van der Waals surface area contributed by atoms with Gasteiger partial charge in [-0.1, -0.05) is 30.3 Å². The standard InChI is InChI=1S/C19H25N3O2.HI/c1-20-19(21-13-12-16-6-4-3-5-7-16)22-14-15-24-18-10-8-17(23-2)9-11-18;/h3-11H,12-15H2,1-2H3,(H2,20,21,22);1H. The minimum absolute atomic E-state index is 0. The highest BCUT2D eigenvalue weighted by Gasteiger charge is 1.99. The minimum atomic E-state index is 0. The highest BCUT2D eigenvalue weighted by atomic mass is 127. The Labute approximate surface area is 166 Å². The van der Waals surface area contributed by atoms with Gasteiger partial charge in [0.05, 0.1) is 13.7 Å². The third-order valence-electron chi connectivity index (χ3n) is 3.50. The summed E-state index contributed by atoms with van der Waals surface area (Å²) in [5, 5.41) is 6.54. The molecular weight excluding hydrogens is 429 g/mol. The highest BCUT2D eigenvalue weighted by Crippen LogP contribution is 2.16. The fourth-order valence-electron chi connectivity index (χ4n) is 2.20. The molecule has 0 aliphatic carbocycles. The summed E-state index contributed by atoms with van der Waals surface area (Å²) in [6.45, 7) is 2.08. The molecule has 0 heterocycles. The Morgan fingerprint density at radius 1 is 0.920 bits per heavy atom. The molecule has 0 aliphatic heterocycles. The molecule has 0 unspecified atom stereocenters. The number of nitrogens with zero attached hydrogens (tertiary/aromatic N) is 1. The average molecular weight is 455 g/mol. The summed E-state index contributed by atoms with van der Waals surface area (Å²) in [7, 11) is 3.42. The van der Waals surface area contributed by atoms with Gasteiger partial charge in [0.1, 0.15) is 18.1 Å². The topological polar surface area (TPSA) is 54.9 Å². The zero-order valence-electron chi connectivity index (χ0n) is 14.7. The molecule has 2 aromatic rings. The Balaban J connectivity index is 0.00000312. The Kier molecular flexibility index (Phi) is 10.5. The number of ether oxygens (including phenoxy) is 2. The van der Waals surface area contributed by atoms with Crippen LogP contribution in [0, 0.1) is 0 Å². The zero-order valence-corrected chi connectivity index (χ0v) is 17.0. The number of methoxy groups -OCH3 is 1. The zero-order chi connectivity index (χ0) is 17.0.